The lowest BCUT2D eigenvalue weighted by Gasteiger charge is -2.32. The molecule has 2 rings (SSSR count). The maximum atomic E-state index is 12.2. The number of rotatable bonds is 4. The molecule has 18 heavy (non-hydrogen) atoms. The van der Waals surface area contributed by atoms with Crippen molar-refractivity contribution in [1.29, 1.82) is 0 Å². The molecule has 0 aromatic heterocycles. The number of carbonyl (C=O) groups is 1. The number of ether oxygens (including phenoxy) is 1. The van der Waals surface area contributed by atoms with Gasteiger partial charge in [-0.05, 0) is 31.6 Å². The van der Waals surface area contributed by atoms with Crippen LogP contribution in [-0.4, -0.2) is 31.7 Å². The molecular weight excluding hydrogens is 228 g/mol. The Kier molecular flexibility index (Phi) is 5.45. The quantitative estimate of drug-likeness (QED) is 0.798. The van der Waals surface area contributed by atoms with Crippen molar-refractivity contribution >= 4 is 5.91 Å². The maximum absolute atomic E-state index is 12.2. The molecular formula is C14H26N2O2. The van der Waals surface area contributed by atoms with Crippen molar-refractivity contribution in [2.75, 3.05) is 19.8 Å². The van der Waals surface area contributed by atoms with Crippen molar-refractivity contribution in [3.63, 3.8) is 0 Å². The lowest BCUT2D eigenvalue weighted by Crippen LogP contribution is -2.48. The zero-order valence-corrected chi connectivity index (χ0v) is 11.2. The molecule has 2 fully saturated rings. The van der Waals surface area contributed by atoms with Gasteiger partial charge in [0.05, 0.1) is 0 Å². The summed E-state index contributed by atoms with van der Waals surface area (Å²) in [6.07, 6.45) is 8.05. The summed E-state index contributed by atoms with van der Waals surface area (Å²) in [5.74, 6) is 0.920. The van der Waals surface area contributed by atoms with Crippen LogP contribution in [0.15, 0.2) is 0 Å². The molecule has 4 nitrogen and oxygen atoms in total. The molecule has 0 aromatic carbocycles. The minimum absolute atomic E-state index is 0.136. The third-order valence-corrected chi connectivity index (χ3v) is 4.39. The largest absolute Gasteiger partial charge is 0.381 e. The van der Waals surface area contributed by atoms with Gasteiger partial charge in [-0.2, -0.15) is 0 Å². The van der Waals surface area contributed by atoms with E-state index in [1.165, 1.54) is 32.1 Å². The molecule has 4 heteroatoms. The SMILES string of the molecule is NCC(NC(=O)C1CCOCC1)C1CCCCC1. The fraction of sp³-hybridized carbons (Fsp3) is 0.929. The standard InChI is InChI=1S/C14H26N2O2/c15-10-13(11-4-2-1-3-5-11)16-14(17)12-6-8-18-9-7-12/h11-13H,1-10,15H2,(H,16,17). The van der Waals surface area contributed by atoms with Crippen LogP contribution in [0.2, 0.25) is 0 Å². The first-order valence-electron chi connectivity index (χ1n) is 7.39. The molecule has 0 aromatic rings. The third kappa shape index (κ3) is 3.69. The lowest BCUT2D eigenvalue weighted by atomic mass is 9.83. The molecule has 1 heterocycles. The van der Waals surface area contributed by atoms with Crippen LogP contribution < -0.4 is 11.1 Å². The second kappa shape index (κ2) is 7.10. The minimum atomic E-state index is 0.136. The molecule has 1 saturated heterocycles. The van der Waals surface area contributed by atoms with E-state index in [2.05, 4.69) is 5.32 Å². The van der Waals surface area contributed by atoms with E-state index in [0.717, 1.165) is 26.1 Å². The van der Waals surface area contributed by atoms with Gasteiger partial charge < -0.3 is 15.8 Å². The molecule has 0 radical (unpaired) electrons. The predicted molar refractivity (Wildman–Crippen MR) is 71.1 cm³/mol. The summed E-state index contributed by atoms with van der Waals surface area (Å²) in [5.41, 5.74) is 5.84. The van der Waals surface area contributed by atoms with Crippen molar-refractivity contribution in [3.05, 3.63) is 0 Å². The summed E-state index contributed by atoms with van der Waals surface area (Å²) < 4.78 is 5.29. The van der Waals surface area contributed by atoms with E-state index in [1.54, 1.807) is 0 Å². The van der Waals surface area contributed by atoms with E-state index in [9.17, 15) is 4.79 Å². The molecule has 1 aliphatic heterocycles. The molecule has 3 N–H and O–H groups in total. The number of carbonyl (C=O) groups excluding carboxylic acids is 1. The summed E-state index contributed by atoms with van der Waals surface area (Å²) in [6.45, 7) is 2.00. The summed E-state index contributed by atoms with van der Waals surface area (Å²) in [7, 11) is 0. The Morgan fingerprint density at radius 3 is 2.44 bits per heavy atom. The first-order chi connectivity index (χ1) is 8.81. The van der Waals surface area contributed by atoms with Crippen LogP contribution in [0, 0.1) is 11.8 Å². The fourth-order valence-electron chi connectivity index (χ4n) is 3.17. The molecule has 104 valence electrons. The normalized spacial score (nSPS) is 24.7. The van der Waals surface area contributed by atoms with Crippen LogP contribution in [0.1, 0.15) is 44.9 Å². The van der Waals surface area contributed by atoms with E-state index in [4.69, 9.17) is 10.5 Å². The monoisotopic (exact) mass is 254 g/mol. The predicted octanol–water partition coefficient (Wildman–Crippen LogP) is 1.44. The van der Waals surface area contributed by atoms with E-state index >= 15 is 0 Å². The van der Waals surface area contributed by atoms with Crippen molar-refractivity contribution in [3.8, 4) is 0 Å². The molecule has 1 saturated carbocycles. The van der Waals surface area contributed by atoms with Gasteiger partial charge in [-0.3, -0.25) is 4.79 Å². The van der Waals surface area contributed by atoms with Gasteiger partial charge in [-0.15, -0.1) is 0 Å². The zero-order valence-electron chi connectivity index (χ0n) is 11.2. The van der Waals surface area contributed by atoms with Crippen molar-refractivity contribution < 1.29 is 9.53 Å². The highest BCUT2D eigenvalue weighted by Crippen LogP contribution is 2.26. The van der Waals surface area contributed by atoms with E-state index in [0.29, 0.717) is 12.5 Å². The Hall–Kier alpha value is -0.610. The molecule has 0 bridgehead atoms. The Morgan fingerprint density at radius 2 is 1.83 bits per heavy atom. The van der Waals surface area contributed by atoms with Gasteiger partial charge >= 0.3 is 0 Å². The number of amides is 1. The topological polar surface area (TPSA) is 64.3 Å². The average Bonchev–Trinajstić information content (AvgIpc) is 2.46. The zero-order chi connectivity index (χ0) is 12.8. The van der Waals surface area contributed by atoms with Gasteiger partial charge in [0, 0.05) is 31.7 Å². The maximum Gasteiger partial charge on any atom is 0.223 e. The van der Waals surface area contributed by atoms with E-state index in [1.807, 2.05) is 0 Å². The van der Waals surface area contributed by atoms with Gasteiger partial charge in [-0.1, -0.05) is 19.3 Å². The van der Waals surface area contributed by atoms with Crippen LogP contribution in [0.3, 0.4) is 0 Å². The smallest absolute Gasteiger partial charge is 0.223 e. The fourth-order valence-corrected chi connectivity index (χ4v) is 3.17. The Labute approximate surface area is 110 Å². The number of nitrogens with one attached hydrogen (secondary N) is 1. The number of nitrogens with two attached hydrogens (primary N) is 1. The summed E-state index contributed by atoms with van der Waals surface area (Å²) in [6, 6.07) is 0.181. The van der Waals surface area contributed by atoms with Crippen molar-refractivity contribution in [1.82, 2.24) is 5.32 Å². The number of hydrogen-bond donors (Lipinski definition) is 2. The van der Waals surface area contributed by atoms with Crippen LogP contribution in [0.5, 0.6) is 0 Å². The molecule has 1 amide bonds. The average molecular weight is 254 g/mol. The van der Waals surface area contributed by atoms with Crippen LogP contribution >= 0.6 is 0 Å². The molecule has 0 spiro atoms. The summed E-state index contributed by atoms with van der Waals surface area (Å²) >= 11 is 0. The second-order valence-electron chi connectivity index (χ2n) is 5.64. The molecule has 1 unspecified atom stereocenters. The Morgan fingerprint density at radius 1 is 1.17 bits per heavy atom. The molecule has 1 aliphatic carbocycles. The first kappa shape index (κ1) is 13.8. The van der Waals surface area contributed by atoms with Crippen molar-refractivity contribution in [2.24, 2.45) is 17.6 Å². The van der Waals surface area contributed by atoms with Gasteiger partial charge in [0.25, 0.3) is 0 Å². The van der Waals surface area contributed by atoms with Gasteiger partial charge in [0.15, 0.2) is 0 Å². The lowest BCUT2D eigenvalue weighted by molar-refractivity contribution is -0.129. The highest BCUT2D eigenvalue weighted by atomic mass is 16.5. The molecule has 2 aliphatic rings. The van der Waals surface area contributed by atoms with Crippen molar-refractivity contribution in [2.45, 2.75) is 51.0 Å². The number of hydrogen-bond acceptors (Lipinski definition) is 3. The van der Waals surface area contributed by atoms with Crippen LogP contribution in [-0.2, 0) is 9.53 Å². The second-order valence-corrected chi connectivity index (χ2v) is 5.64. The van der Waals surface area contributed by atoms with Gasteiger partial charge in [0.1, 0.15) is 0 Å². The van der Waals surface area contributed by atoms with Gasteiger partial charge in [0.2, 0.25) is 5.91 Å². The Bertz CT molecular complexity index is 259. The third-order valence-electron chi connectivity index (χ3n) is 4.39. The highest BCUT2D eigenvalue weighted by Gasteiger charge is 2.27. The highest BCUT2D eigenvalue weighted by molar-refractivity contribution is 5.79. The van der Waals surface area contributed by atoms with E-state index in [-0.39, 0.29) is 17.9 Å². The van der Waals surface area contributed by atoms with Gasteiger partial charge in [-0.25, -0.2) is 0 Å². The first-order valence-corrected chi connectivity index (χ1v) is 7.39. The van der Waals surface area contributed by atoms with E-state index < -0.39 is 0 Å². The van der Waals surface area contributed by atoms with Crippen LogP contribution in [0.25, 0.3) is 0 Å². The summed E-state index contributed by atoms with van der Waals surface area (Å²) in [4.78, 5) is 12.2. The van der Waals surface area contributed by atoms with Crippen LogP contribution in [0.4, 0.5) is 0 Å². The minimum Gasteiger partial charge on any atom is -0.381 e. The summed E-state index contributed by atoms with van der Waals surface area (Å²) in [5, 5.41) is 3.19. The Balaban J connectivity index is 1.82. The molecule has 1 atom stereocenters.